The molecule has 0 heterocycles. The van der Waals surface area contributed by atoms with Crippen molar-refractivity contribution in [3.8, 4) is 0 Å². The van der Waals surface area contributed by atoms with E-state index in [1.54, 1.807) is 13.8 Å². The number of carbonyl (C=O) groups excluding carboxylic acids is 3. The Morgan fingerprint density at radius 2 is 1.33 bits per heavy atom. The van der Waals surface area contributed by atoms with Crippen LogP contribution in [-0.4, -0.2) is 59.5 Å². The summed E-state index contributed by atoms with van der Waals surface area (Å²) in [5.74, 6) is -3.12. The van der Waals surface area contributed by atoms with Gasteiger partial charge >= 0.3 is 5.97 Å². The van der Waals surface area contributed by atoms with Crippen LogP contribution in [0.3, 0.4) is 0 Å². The smallest absolute Gasteiger partial charge is 0.326 e. The van der Waals surface area contributed by atoms with E-state index in [2.05, 4.69) is 16.0 Å². The van der Waals surface area contributed by atoms with Gasteiger partial charge < -0.3 is 32.5 Å². The summed E-state index contributed by atoms with van der Waals surface area (Å²) in [6.07, 6.45) is 1.93. The first kappa shape index (κ1) is 24.8. The lowest BCUT2D eigenvalue weighted by Crippen LogP contribution is -2.56. The van der Waals surface area contributed by atoms with E-state index in [0.29, 0.717) is 19.4 Å². The van der Waals surface area contributed by atoms with E-state index in [1.165, 1.54) is 13.8 Å². The molecule has 0 rings (SSSR count). The number of hydrogen-bond donors (Lipinski definition) is 6. The van der Waals surface area contributed by atoms with Crippen LogP contribution in [0.15, 0.2) is 0 Å². The fourth-order valence-corrected chi connectivity index (χ4v) is 2.22. The van der Waals surface area contributed by atoms with Gasteiger partial charge in [-0.15, -0.1) is 0 Å². The molecule has 10 nitrogen and oxygen atoms in total. The highest BCUT2D eigenvalue weighted by atomic mass is 16.4. The van der Waals surface area contributed by atoms with Crippen molar-refractivity contribution in [3.63, 3.8) is 0 Å². The Bertz CT molecular complexity index is 526. The van der Waals surface area contributed by atoms with Crippen LogP contribution < -0.4 is 27.4 Å². The summed E-state index contributed by atoms with van der Waals surface area (Å²) in [5, 5.41) is 16.4. The maximum Gasteiger partial charge on any atom is 0.326 e. The first-order valence-electron chi connectivity index (χ1n) is 9.10. The maximum atomic E-state index is 12.2. The standard InChI is InChI=1S/C17H33N5O5/c1-9(2)13(17(26)27)22-15(24)11(4)20-14(23)10(3)21-16(25)12(19)7-5-6-8-18/h9-13H,5-8,18-19H2,1-4H3,(H,20,23)(H,21,25)(H,22,24)(H,26,27). The van der Waals surface area contributed by atoms with E-state index in [1.807, 2.05) is 0 Å². The SMILES string of the molecule is CC(NC(=O)C(N)CCCCN)C(=O)NC(C)C(=O)NC(C(=O)O)C(C)C. The number of carbonyl (C=O) groups is 4. The van der Waals surface area contributed by atoms with E-state index >= 15 is 0 Å². The van der Waals surface area contributed by atoms with E-state index in [9.17, 15) is 19.2 Å². The van der Waals surface area contributed by atoms with Crippen molar-refractivity contribution >= 4 is 23.7 Å². The minimum absolute atomic E-state index is 0.312. The molecule has 3 amide bonds. The Balaban J connectivity index is 4.54. The highest BCUT2D eigenvalue weighted by Crippen LogP contribution is 2.02. The van der Waals surface area contributed by atoms with Gasteiger partial charge in [0.25, 0.3) is 0 Å². The van der Waals surface area contributed by atoms with Crippen molar-refractivity contribution in [2.24, 2.45) is 17.4 Å². The Morgan fingerprint density at radius 1 is 0.852 bits per heavy atom. The normalized spacial score (nSPS) is 15.4. The molecule has 0 bridgehead atoms. The average molecular weight is 387 g/mol. The zero-order valence-electron chi connectivity index (χ0n) is 16.5. The molecule has 27 heavy (non-hydrogen) atoms. The molecule has 0 spiro atoms. The molecule has 0 fully saturated rings. The van der Waals surface area contributed by atoms with Gasteiger partial charge in [-0.05, 0) is 39.2 Å². The van der Waals surface area contributed by atoms with Crippen LogP contribution in [0.5, 0.6) is 0 Å². The Morgan fingerprint density at radius 3 is 1.78 bits per heavy atom. The van der Waals surface area contributed by atoms with E-state index in [-0.39, 0.29) is 5.92 Å². The van der Waals surface area contributed by atoms with Gasteiger partial charge in [-0.3, -0.25) is 14.4 Å². The molecule has 0 aromatic carbocycles. The second kappa shape index (κ2) is 12.2. The third-order valence-electron chi connectivity index (χ3n) is 4.04. The topological polar surface area (TPSA) is 177 Å². The van der Waals surface area contributed by atoms with Gasteiger partial charge in [-0.2, -0.15) is 0 Å². The predicted octanol–water partition coefficient (Wildman–Crippen LogP) is -1.32. The van der Waals surface area contributed by atoms with Gasteiger partial charge in [0.2, 0.25) is 17.7 Å². The number of unbranched alkanes of at least 4 members (excludes halogenated alkanes) is 1. The number of hydrogen-bond acceptors (Lipinski definition) is 6. The molecular formula is C17H33N5O5. The lowest BCUT2D eigenvalue weighted by Gasteiger charge is -2.22. The average Bonchev–Trinajstić information content (AvgIpc) is 2.58. The summed E-state index contributed by atoms with van der Waals surface area (Å²) in [6.45, 7) is 6.75. The number of aliphatic carboxylic acids is 1. The summed E-state index contributed by atoms with van der Waals surface area (Å²) < 4.78 is 0. The van der Waals surface area contributed by atoms with Gasteiger partial charge in [0, 0.05) is 0 Å². The number of carboxylic acid groups (broad SMARTS) is 1. The molecule has 0 saturated carbocycles. The van der Waals surface area contributed by atoms with Crippen LogP contribution in [0.2, 0.25) is 0 Å². The lowest BCUT2D eigenvalue weighted by atomic mass is 10.0. The van der Waals surface area contributed by atoms with E-state index in [4.69, 9.17) is 16.6 Å². The van der Waals surface area contributed by atoms with Crippen LogP contribution in [0, 0.1) is 5.92 Å². The Labute approximate surface area is 159 Å². The van der Waals surface area contributed by atoms with Crippen LogP contribution in [0.25, 0.3) is 0 Å². The van der Waals surface area contributed by atoms with Crippen molar-refractivity contribution in [2.75, 3.05) is 6.54 Å². The quantitative estimate of drug-likeness (QED) is 0.225. The van der Waals surface area contributed by atoms with Crippen molar-refractivity contribution in [1.29, 1.82) is 0 Å². The first-order valence-corrected chi connectivity index (χ1v) is 9.10. The molecule has 4 atom stereocenters. The van der Waals surface area contributed by atoms with Gasteiger partial charge in [0.1, 0.15) is 18.1 Å². The van der Waals surface area contributed by atoms with Crippen molar-refractivity contribution in [1.82, 2.24) is 16.0 Å². The van der Waals surface area contributed by atoms with Crippen molar-refractivity contribution in [2.45, 2.75) is 71.1 Å². The Kier molecular flexibility index (Phi) is 11.2. The van der Waals surface area contributed by atoms with Crippen molar-refractivity contribution in [3.05, 3.63) is 0 Å². The summed E-state index contributed by atoms with van der Waals surface area (Å²) in [7, 11) is 0. The van der Waals surface area contributed by atoms with Gasteiger partial charge in [0.05, 0.1) is 6.04 Å². The highest BCUT2D eigenvalue weighted by Gasteiger charge is 2.27. The van der Waals surface area contributed by atoms with Gasteiger partial charge in [-0.25, -0.2) is 4.79 Å². The fraction of sp³-hybridized carbons (Fsp3) is 0.765. The van der Waals surface area contributed by atoms with Crippen LogP contribution >= 0.6 is 0 Å². The third-order valence-corrected chi connectivity index (χ3v) is 4.04. The monoisotopic (exact) mass is 387 g/mol. The molecule has 8 N–H and O–H groups in total. The summed E-state index contributed by atoms with van der Waals surface area (Å²) in [6, 6.07) is -3.65. The minimum atomic E-state index is -1.15. The van der Waals surface area contributed by atoms with Gasteiger partial charge in [-0.1, -0.05) is 20.3 Å². The fourth-order valence-electron chi connectivity index (χ4n) is 2.22. The molecule has 0 radical (unpaired) electrons. The molecule has 0 aliphatic rings. The highest BCUT2D eigenvalue weighted by molar-refractivity contribution is 5.93. The number of nitrogens with one attached hydrogen (secondary N) is 3. The third kappa shape index (κ3) is 9.34. The molecular weight excluding hydrogens is 354 g/mol. The first-order chi connectivity index (χ1) is 12.5. The molecule has 0 aliphatic heterocycles. The van der Waals surface area contributed by atoms with Crippen LogP contribution in [0.4, 0.5) is 0 Å². The summed E-state index contributed by atoms with van der Waals surface area (Å²) >= 11 is 0. The molecule has 0 aromatic heterocycles. The van der Waals surface area contributed by atoms with E-state index < -0.39 is 47.9 Å². The summed E-state index contributed by atoms with van der Waals surface area (Å²) in [5.41, 5.74) is 11.1. The molecule has 0 aromatic rings. The maximum absolute atomic E-state index is 12.2. The zero-order chi connectivity index (χ0) is 21.1. The summed E-state index contributed by atoms with van der Waals surface area (Å²) in [4.78, 5) is 47.4. The minimum Gasteiger partial charge on any atom is -0.480 e. The number of nitrogens with two attached hydrogens (primary N) is 2. The predicted molar refractivity (Wildman–Crippen MR) is 100 cm³/mol. The lowest BCUT2D eigenvalue weighted by molar-refractivity contribution is -0.143. The number of rotatable bonds is 12. The van der Waals surface area contributed by atoms with Crippen molar-refractivity contribution < 1.29 is 24.3 Å². The molecule has 156 valence electrons. The zero-order valence-corrected chi connectivity index (χ0v) is 16.5. The molecule has 0 saturated heterocycles. The molecule has 4 unspecified atom stereocenters. The Hall–Kier alpha value is -2.20. The van der Waals surface area contributed by atoms with Gasteiger partial charge in [0.15, 0.2) is 0 Å². The van der Waals surface area contributed by atoms with E-state index in [0.717, 1.165) is 6.42 Å². The van der Waals surface area contributed by atoms with Crippen LogP contribution in [0.1, 0.15) is 47.0 Å². The molecule has 0 aliphatic carbocycles. The molecule has 10 heteroatoms. The second-order valence-corrected chi connectivity index (χ2v) is 6.92. The number of carboxylic acids is 1. The number of amides is 3. The van der Waals surface area contributed by atoms with Crippen LogP contribution in [-0.2, 0) is 19.2 Å². The second-order valence-electron chi connectivity index (χ2n) is 6.92. The largest absolute Gasteiger partial charge is 0.480 e.